The number of carbonyl (C=O) groups is 1. The fourth-order valence-corrected chi connectivity index (χ4v) is 5.62. The van der Waals surface area contributed by atoms with Crippen LogP contribution < -0.4 is 5.32 Å². The summed E-state index contributed by atoms with van der Waals surface area (Å²) in [7, 11) is 4.26. The Hall–Kier alpha value is -0.950. The Morgan fingerprint density at radius 3 is 2.46 bits per heavy atom. The molecule has 3 heterocycles. The molecule has 0 aromatic carbocycles. The molecule has 3 fully saturated rings. The van der Waals surface area contributed by atoms with E-state index in [1.54, 1.807) is 0 Å². The maximum absolute atomic E-state index is 12.3. The lowest BCUT2D eigenvalue weighted by Crippen LogP contribution is -2.49. The Balaban J connectivity index is 1.17. The lowest BCUT2D eigenvalue weighted by molar-refractivity contribution is -0.126. The van der Waals surface area contributed by atoms with Crippen LogP contribution in [0.3, 0.4) is 0 Å². The standard InChI is InChI=1S/C22H36N4OS/c1-24(2)14-17-13-21(28-16-17)15-25-9-7-20(8-10-25)26-11-5-18(6-12-26)22(27)23-19-3-4-19/h13,16,18-20H,3-12,14-15H2,1-2H3,(H,23,27). The van der Waals surface area contributed by atoms with Crippen LogP contribution in [0.15, 0.2) is 11.4 Å². The van der Waals surface area contributed by atoms with Crippen molar-refractivity contribution in [3.8, 4) is 0 Å². The third-order valence-corrected chi connectivity index (χ3v) is 7.45. The van der Waals surface area contributed by atoms with Crippen LogP contribution in [0.25, 0.3) is 0 Å². The van der Waals surface area contributed by atoms with Crippen molar-refractivity contribution in [2.75, 3.05) is 40.3 Å². The topological polar surface area (TPSA) is 38.8 Å². The molecule has 1 aromatic rings. The smallest absolute Gasteiger partial charge is 0.223 e. The van der Waals surface area contributed by atoms with E-state index in [4.69, 9.17) is 0 Å². The van der Waals surface area contributed by atoms with Crippen molar-refractivity contribution in [3.63, 3.8) is 0 Å². The van der Waals surface area contributed by atoms with Gasteiger partial charge in [0.25, 0.3) is 0 Å². The van der Waals surface area contributed by atoms with Gasteiger partial charge in [0.05, 0.1) is 0 Å². The first kappa shape index (κ1) is 20.3. The number of piperidine rings is 2. The van der Waals surface area contributed by atoms with Gasteiger partial charge in [-0.3, -0.25) is 9.69 Å². The molecule has 3 aliphatic rings. The SMILES string of the molecule is CN(C)Cc1csc(CN2CCC(N3CCC(C(=O)NC4CC4)CC3)CC2)c1. The Bertz CT molecular complexity index is 641. The molecule has 0 radical (unpaired) electrons. The molecule has 6 heteroatoms. The average molecular weight is 405 g/mol. The van der Waals surface area contributed by atoms with Crippen LogP contribution in [0.4, 0.5) is 0 Å². The van der Waals surface area contributed by atoms with Gasteiger partial charge in [-0.05, 0) is 82.7 Å². The van der Waals surface area contributed by atoms with E-state index >= 15 is 0 Å². The van der Waals surface area contributed by atoms with Crippen molar-refractivity contribution < 1.29 is 4.79 Å². The predicted octanol–water partition coefficient (Wildman–Crippen LogP) is 2.76. The lowest BCUT2D eigenvalue weighted by Gasteiger charge is -2.41. The quantitative estimate of drug-likeness (QED) is 0.758. The van der Waals surface area contributed by atoms with Gasteiger partial charge in [-0.25, -0.2) is 0 Å². The number of thiophene rings is 1. The molecule has 1 N–H and O–H groups in total. The number of hydrogen-bond acceptors (Lipinski definition) is 5. The van der Waals surface area contributed by atoms with Crippen molar-refractivity contribution in [2.24, 2.45) is 5.92 Å². The minimum Gasteiger partial charge on any atom is -0.353 e. The number of likely N-dealkylation sites (tertiary alicyclic amines) is 2. The minimum atomic E-state index is 0.257. The van der Waals surface area contributed by atoms with Crippen LogP contribution in [0.1, 0.15) is 49.0 Å². The summed E-state index contributed by atoms with van der Waals surface area (Å²) in [5.41, 5.74) is 1.44. The van der Waals surface area contributed by atoms with Gasteiger partial charge in [-0.2, -0.15) is 0 Å². The summed E-state index contributed by atoms with van der Waals surface area (Å²) < 4.78 is 0. The zero-order valence-corrected chi connectivity index (χ0v) is 18.3. The molecule has 0 atom stereocenters. The van der Waals surface area contributed by atoms with E-state index in [-0.39, 0.29) is 5.92 Å². The van der Waals surface area contributed by atoms with E-state index in [1.165, 1.54) is 49.2 Å². The Morgan fingerprint density at radius 1 is 1.11 bits per heavy atom. The van der Waals surface area contributed by atoms with Crippen molar-refractivity contribution in [1.82, 2.24) is 20.0 Å². The molecule has 1 aromatic heterocycles. The molecule has 4 rings (SSSR count). The van der Waals surface area contributed by atoms with Gasteiger partial charge in [0.1, 0.15) is 0 Å². The first-order valence-electron chi connectivity index (χ1n) is 11.0. The lowest BCUT2D eigenvalue weighted by atomic mass is 9.92. The third-order valence-electron chi connectivity index (χ3n) is 6.48. The van der Waals surface area contributed by atoms with Crippen molar-refractivity contribution in [3.05, 3.63) is 21.9 Å². The Labute approximate surface area is 174 Å². The van der Waals surface area contributed by atoms with Gasteiger partial charge in [-0.15, -0.1) is 11.3 Å². The second-order valence-corrected chi connectivity index (χ2v) is 10.3. The van der Waals surface area contributed by atoms with Crippen molar-refractivity contribution in [1.29, 1.82) is 0 Å². The monoisotopic (exact) mass is 404 g/mol. The second-order valence-electron chi connectivity index (χ2n) is 9.26. The van der Waals surface area contributed by atoms with Crippen LogP contribution in [0.5, 0.6) is 0 Å². The van der Waals surface area contributed by atoms with Gasteiger partial charge in [-0.1, -0.05) is 0 Å². The zero-order chi connectivity index (χ0) is 19.5. The number of nitrogens with zero attached hydrogens (tertiary/aromatic N) is 3. The van der Waals surface area contributed by atoms with Crippen LogP contribution in [-0.2, 0) is 17.9 Å². The molecular formula is C22H36N4OS. The van der Waals surface area contributed by atoms with Gasteiger partial charge in [0.15, 0.2) is 0 Å². The summed E-state index contributed by atoms with van der Waals surface area (Å²) in [5, 5.41) is 5.50. The molecule has 2 saturated heterocycles. The third kappa shape index (κ3) is 5.56. The van der Waals surface area contributed by atoms with Crippen LogP contribution in [-0.4, -0.2) is 73.0 Å². The fourth-order valence-electron chi connectivity index (χ4n) is 4.69. The van der Waals surface area contributed by atoms with Crippen LogP contribution in [0, 0.1) is 5.92 Å². The molecule has 1 saturated carbocycles. The molecule has 28 heavy (non-hydrogen) atoms. The summed E-state index contributed by atoms with van der Waals surface area (Å²) in [6.07, 6.45) is 7.01. The molecule has 156 valence electrons. The highest BCUT2D eigenvalue weighted by molar-refractivity contribution is 7.10. The van der Waals surface area contributed by atoms with E-state index in [0.717, 1.165) is 45.1 Å². The van der Waals surface area contributed by atoms with E-state index in [1.807, 2.05) is 11.3 Å². The molecule has 0 bridgehead atoms. The zero-order valence-electron chi connectivity index (χ0n) is 17.5. The molecule has 0 spiro atoms. The Morgan fingerprint density at radius 2 is 1.82 bits per heavy atom. The summed E-state index contributed by atoms with van der Waals surface area (Å²) in [6.45, 7) is 6.75. The van der Waals surface area contributed by atoms with Crippen molar-refractivity contribution in [2.45, 2.75) is 63.7 Å². The fraction of sp³-hybridized carbons (Fsp3) is 0.773. The number of rotatable bonds is 7. The molecule has 5 nitrogen and oxygen atoms in total. The summed E-state index contributed by atoms with van der Waals surface area (Å²) >= 11 is 1.91. The largest absolute Gasteiger partial charge is 0.353 e. The summed E-state index contributed by atoms with van der Waals surface area (Å²) in [4.78, 5) is 21.3. The number of nitrogens with one attached hydrogen (secondary N) is 1. The van der Waals surface area contributed by atoms with Gasteiger partial charge >= 0.3 is 0 Å². The van der Waals surface area contributed by atoms with E-state index < -0.39 is 0 Å². The van der Waals surface area contributed by atoms with Crippen LogP contribution >= 0.6 is 11.3 Å². The van der Waals surface area contributed by atoms with Crippen LogP contribution in [0.2, 0.25) is 0 Å². The number of carbonyl (C=O) groups excluding carboxylic acids is 1. The first-order chi connectivity index (χ1) is 13.6. The Kier molecular flexibility index (Phi) is 6.71. The highest BCUT2D eigenvalue weighted by Crippen LogP contribution is 2.27. The second kappa shape index (κ2) is 9.24. The van der Waals surface area contributed by atoms with Gasteiger partial charge in [0.2, 0.25) is 5.91 Å². The maximum atomic E-state index is 12.3. The normalized spacial score (nSPS) is 23.4. The average Bonchev–Trinajstić information content (AvgIpc) is 3.40. The van der Waals surface area contributed by atoms with E-state index in [0.29, 0.717) is 11.9 Å². The van der Waals surface area contributed by atoms with Gasteiger partial charge < -0.3 is 15.1 Å². The molecule has 1 aliphatic carbocycles. The maximum Gasteiger partial charge on any atom is 0.223 e. The predicted molar refractivity (Wildman–Crippen MR) is 115 cm³/mol. The molecule has 2 aliphatic heterocycles. The summed E-state index contributed by atoms with van der Waals surface area (Å²) in [5.74, 6) is 0.577. The first-order valence-corrected chi connectivity index (χ1v) is 11.9. The number of amides is 1. The molecular weight excluding hydrogens is 368 g/mol. The van der Waals surface area contributed by atoms with Gasteiger partial charge in [0, 0.05) is 49.1 Å². The minimum absolute atomic E-state index is 0.257. The number of hydrogen-bond donors (Lipinski definition) is 1. The molecule has 0 unspecified atom stereocenters. The molecule has 1 amide bonds. The van der Waals surface area contributed by atoms with E-state index in [2.05, 4.69) is 45.6 Å². The highest BCUT2D eigenvalue weighted by atomic mass is 32.1. The van der Waals surface area contributed by atoms with E-state index in [9.17, 15) is 4.79 Å². The highest BCUT2D eigenvalue weighted by Gasteiger charge is 2.32. The van der Waals surface area contributed by atoms with Crippen molar-refractivity contribution >= 4 is 17.2 Å². The summed E-state index contributed by atoms with van der Waals surface area (Å²) in [6, 6.07) is 3.60.